The van der Waals surface area contributed by atoms with Gasteiger partial charge in [-0.15, -0.1) is 0 Å². The molecule has 1 heterocycles. The first kappa shape index (κ1) is 15.2. The predicted octanol–water partition coefficient (Wildman–Crippen LogP) is 2.20. The maximum atomic E-state index is 5.87. The van der Waals surface area contributed by atoms with E-state index in [0.29, 0.717) is 6.61 Å². The molecule has 0 radical (unpaired) electrons. The van der Waals surface area contributed by atoms with Gasteiger partial charge in [-0.05, 0) is 53.5 Å². The summed E-state index contributed by atoms with van der Waals surface area (Å²) in [6, 6.07) is 0.172. The molecular weight excluding hydrogens is 226 g/mol. The van der Waals surface area contributed by atoms with Crippen LogP contribution in [-0.4, -0.2) is 28.0 Å². The lowest BCUT2D eigenvalue weighted by Gasteiger charge is -2.19. The Hall–Kier alpha value is -0.870. The lowest BCUT2D eigenvalue weighted by atomic mass is 10.1. The van der Waals surface area contributed by atoms with Gasteiger partial charge in [-0.2, -0.15) is 5.10 Å². The van der Waals surface area contributed by atoms with Gasteiger partial charge in [0.25, 0.3) is 0 Å². The van der Waals surface area contributed by atoms with E-state index in [1.165, 1.54) is 11.3 Å². The molecule has 0 saturated heterocycles. The molecule has 0 aliphatic rings. The second-order valence-corrected chi connectivity index (χ2v) is 6.01. The van der Waals surface area contributed by atoms with Crippen molar-refractivity contribution in [2.24, 2.45) is 5.73 Å². The van der Waals surface area contributed by atoms with E-state index in [4.69, 9.17) is 10.5 Å². The fourth-order valence-corrected chi connectivity index (χ4v) is 2.01. The van der Waals surface area contributed by atoms with Crippen molar-refractivity contribution in [3.05, 3.63) is 17.0 Å². The standard InChI is InChI=1S/C14H27N3O/c1-10(15)9-13-11(2)16-17(12(13)3)7-8-18-14(4,5)6/h10H,7-9,15H2,1-6H3. The molecular formula is C14H27N3O. The van der Waals surface area contributed by atoms with Gasteiger partial charge in [-0.25, -0.2) is 0 Å². The van der Waals surface area contributed by atoms with Crippen molar-refractivity contribution in [3.63, 3.8) is 0 Å². The van der Waals surface area contributed by atoms with Gasteiger partial charge >= 0.3 is 0 Å². The summed E-state index contributed by atoms with van der Waals surface area (Å²) in [5.41, 5.74) is 9.35. The molecule has 0 bridgehead atoms. The fourth-order valence-electron chi connectivity index (χ4n) is 2.01. The number of ether oxygens (including phenoxy) is 1. The second-order valence-electron chi connectivity index (χ2n) is 6.01. The summed E-state index contributed by atoms with van der Waals surface area (Å²) >= 11 is 0. The van der Waals surface area contributed by atoms with E-state index in [2.05, 4.69) is 32.8 Å². The molecule has 0 fully saturated rings. The normalized spacial score (nSPS) is 13.9. The summed E-state index contributed by atoms with van der Waals surface area (Å²) in [6.07, 6.45) is 0.887. The minimum absolute atomic E-state index is 0.0926. The van der Waals surface area contributed by atoms with E-state index in [1.807, 2.05) is 18.5 Å². The van der Waals surface area contributed by atoms with Crippen molar-refractivity contribution in [2.75, 3.05) is 6.61 Å². The molecule has 0 saturated carbocycles. The Labute approximate surface area is 111 Å². The largest absolute Gasteiger partial charge is 0.374 e. The van der Waals surface area contributed by atoms with Crippen molar-refractivity contribution in [1.82, 2.24) is 9.78 Å². The predicted molar refractivity (Wildman–Crippen MR) is 74.8 cm³/mol. The molecule has 2 N–H and O–H groups in total. The number of nitrogens with zero attached hydrogens (tertiary/aromatic N) is 2. The van der Waals surface area contributed by atoms with E-state index in [9.17, 15) is 0 Å². The van der Waals surface area contributed by atoms with E-state index < -0.39 is 0 Å². The molecule has 104 valence electrons. The summed E-state index contributed by atoms with van der Waals surface area (Å²) in [5.74, 6) is 0. The fraction of sp³-hybridized carbons (Fsp3) is 0.786. The molecule has 1 atom stereocenters. The summed E-state index contributed by atoms with van der Waals surface area (Å²) in [7, 11) is 0. The number of aromatic nitrogens is 2. The third-order valence-electron chi connectivity index (χ3n) is 2.90. The minimum atomic E-state index is -0.0926. The van der Waals surface area contributed by atoms with Crippen LogP contribution in [0.4, 0.5) is 0 Å². The van der Waals surface area contributed by atoms with Gasteiger partial charge in [0, 0.05) is 11.7 Å². The molecule has 4 nitrogen and oxygen atoms in total. The lowest BCUT2D eigenvalue weighted by Crippen LogP contribution is -2.22. The van der Waals surface area contributed by atoms with Gasteiger partial charge in [0.05, 0.1) is 24.4 Å². The lowest BCUT2D eigenvalue weighted by molar-refractivity contribution is -0.00810. The van der Waals surface area contributed by atoms with Gasteiger partial charge in [0.1, 0.15) is 0 Å². The Balaban J connectivity index is 2.67. The van der Waals surface area contributed by atoms with Gasteiger partial charge in [-0.1, -0.05) is 0 Å². The van der Waals surface area contributed by atoms with Crippen molar-refractivity contribution in [1.29, 1.82) is 0 Å². The zero-order valence-electron chi connectivity index (χ0n) is 12.6. The zero-order chi connectivity index (χ0) is 13.9. The second kappa shape index (κ2) is 5.85. The highest BCUT2D eigenvalue weighted by molar-refractivity contribution is 5.25. The molecule has 1 unspecified atom stereocenters. The maximum absolute atomic E-state index is 5.87. The van der Waals surface area contributed by atoms with E-state index >= 15 is 0 Å². The van der Waals surface area contributed by atoms with Gasteiger partial charge < -0.3 is 10.5 Å². The number of nitrogens with two attached hydrogens (primary N) is 1. The molecule has 0 amide bonds. The Bertz CT molecular complexity index is 388. The van der Waals surface area contributed by atoms with E-state index in [-0.39, 0.29) is 11.6 Å². The quantitative estimate of drug-likeness (QED) is 0.875. The van der Waals surface area contributed by atoms with Crippen molar-refractivity contribution in [3.8, 4) is 0 Å². The monoisotopic (exact) mass is 253 g/mol. The molecule has 1 aromatic heterocycles. The van der Waals surface area contributed by atoms with Crippen LogP contribution in [0.3, 0.4) is 0 Å². The topological polar surface area (TPSA) is 53.1 Å². The van der Waals surface area contributed by atoms with Crippen LogP contribution < -0.4 is 5.73 Å². The molecule has 18 heavy (non-hydrogen) atoms. The Morgan fingerprint density at radius 1 is 1.33 bits per heavy atom. The number of hydrogen-bond acceptors (Lipinski definition) is 3. The molecule has 0 aromatic carbocycles. The van der Waals surface area contributed by atoms with Crippen LogP contribution >= 0.6 is 0 Å². The van der Waals surface area contributed by atoms with Crippen LogP contribution in [0.1, 0.15) is 44.6 Å². The minimum Gasteiger partial charge on any atom is -0.374 e. The highest BCUT2D eigenvalue weighted by Crippen LogP contribution is 2.15. The third-order valence-corrected chi connectivity index (χ3v) is 2.90. The Morgan fingerprint density at radius 3 is 2.44 bits per heavy atom. The average molecular weight is 253 g/mol. The smallest absolute Gasteiger partial charge is 0.0669 e. The van der Waals surface area contributed by atoms with Crippen molar-refractivity contribution < 1.29 is 4.74 Å². The van der Waals surface area contributed by atoms with Gasteiger partial charge in [0.2, 0.25) is 0 Å². The first-order valence-corrected chi connectivity index (χ1v) is 6.63. The molecule has 4 heteroatoms. The average Bonchev–Trinajstić information content (AvgIpc) is 2.43. The summed E-state index contributed by atoms with van der Waals surface area (Å²) in [4.78, 5) is 0. The maximum Gasteiger partial charge on any atom is 0.0669 e. The van der Waals surface area contributed by atoms with E-state index in [1.54, 1.807) is 0 Å². The zero-order valence-corrected chi connectivity index (χ0v) is 12.6. The van der Waals surface area contributed by atoms with Crippen molar-refractivity contribution in [2.45, 2.75) is 66.2 Å². The molecule has 0 spiro atoms. The number of hydrogen-bond donors (Lipinski definition) is 1. The number of aryl methyl sites for hydroxylation is 1. The van der Waals surface area contributed by atoms with E-state index in [0.717, 1.165) is 18.7 Å². The van der Waals surface area contributed by atoms with Crippen LogP contribution in [0, 0.1) is 13.8 Å². The van der Waals surface area contributed by atoms with Crippen LogP contribution in [0.5, 0.6) is 0 Å². The van der Waals surface area contributed by atoms with Crippen LogP contribution in [0.2, 0.25) is 0 Å². The first-order valence-electron chi connectivity index (χ1n) is 6.63. The van der Waals surface area contributed by atoms with Gasteiger partial charge in [0.15, 0.2) is 0 Å². The summed E-state index contributed by atoms with van der Waals surface area (Å²) in [5, 5.41) is 4.56. The van der Waals surface area contributed by atoms with Crippen LogP contribution in [0.15, 0.2) is 0 Å². The van der Waals surface area contributed by atoms with Crippen LogP contribution in [0.25, 0.3) is 0 Å². The summed E-state index contributed by atoms with van der Waals surface area (Å²) < 4.78 is 7.76. The molecule has 0 aliphatic carbocycles. The highest BCUT2D eigenvalue weighted by Gasteiger charge is 2.14. The van der Waals surface area contributed by atoms with Crippen molar-refractivity contribution >= 4 is 0 Å². The Kier molecular flexibility index (Phi) is 4.93. The molecule has 0 aliphatic heterocycles. The van der Waals surface area contributed by atoms with Gasteiger partial charge in [-0.3, -0.25) is 4.68 Å². The van der Waals surface area contributed by atoms with Crippen LogP contribution in [-0.2, 0) is 17.7 Å². The highest BCUT2D eigenvalue weighted by atomic mass is 16.5. The first-order chi connectivity index (χ1) is 8.20. The third kappa shape index (κ3) is 4.42. The molecule has 1 rings (SSSR count). The Morgan fingerprint density at radius 2 is 1.94 bits per heavy atom. The number of rotatable bonds is 5. The molecule has 1 aromatic rings. The SMILES string of the molecule is Cc1nn(CCOC(C)(C)C)c(C)c1CC(C)N. The summed E-state index contributed by atoms with van der Waals surface area (Å²) in [6.45, 7) is 13.9.